The fourth-order valence-electron chi connectivity index (χ4n) is 1.59. The molecule has 18 heavy (non-hydrogen) atoms. The maximum absolute atomic E-state index is 11.7. The second-order valence-electron chi connectivity index (χ2n) is 3.87. The monoisotopic (exact) mass is 248 g/mol. The largest absolute Gasteiger partial charge is 0.469 e. The predicted molar refractivity (Wildman–Crippen MR) is 66.0 cm³/mol. The second-order valence-corrected chi connectivity index (χ2v) is 3.87. The summed E-state index contributed by atoms with van der Waals surface area (Å²) in [6, 6.07) is 3.70. The molecule has 3 N–H and O–H groups in total. The van der Waals surface area contributed by atoms with Crippen molar-refractivity contribution in [3.63, 3.8) is 0 Å². The van der Waals surface area contributed by atoms with Gasteiger partial charge in [-0.1, -0.05) is 0 Å². The van der Waals surface area contributed by atoms with Crippen LogP contribution in [0.15, 0.2) is 35.3 Å². The number of furan rings is 1. The highest BCUT2D eigenvalue weighted by Crippen LogP contribution is 2.00. The number of hydrogen-bond donors (Lipinski definition) is 2. The van der Waals surface area contributed by atoms with Gasteiger partial charge in [0.25, 0.3) is 5.91 Å². The Hall–Kier alpha value is -2.08. The summed E-state index contributed by atoms with van der Waals surface area (Å²) in [6.45, 7) is 1.71. The van der Waals surface area contributed by atoms with Gasteiger partial charge in [-0.05, 0) is 12.1 Å². The Labute approximate surface area is 105 Å². The van der Waals surface area contributed by atoms with Gasteiger partial charge in [0.15, 0.2) is 0 Å². The van der Waals surface area contributed by atoms with Crippen LogP contribution >= 0.6 is 0 Å². The third-order valence-corrected chi connectivity index (χ3v) is 2.49. The average molecular weight is 248 g/mol. The minimum atomic E-state index is -0.183. The number of carbonyl (C=O) groups excluding carboxylic acids is 1. The Balaban J connectivity index is 1.80. The number of rotatable bonds is 6. The number of amides is 1. The van der Waals surface area contributed by atoms with Gasteiger partial charge < -0.3 is 20.0 Å². The van der Waals surface area contributed by atoms with E-state index in [2.05, 4.69) is 10.3 Å². The third-order valence-electron chi connectivity index (χ3n) is 2.49. The lowest BCUT2D eigenvalue weighted by Crippen LogP contribution is -2.25. The van der Waals surface area contributed by atoms with Crippen molar-refractivity contribution in [3.05, 3.63) is 42.4 Å². The van der Waals surface area contributed by atoms with E-state index in [1.165, 1.54) is 0 Å². The number of nitrogens with zero attached hydrogens (tertiary/aromatic N) is 2. The molecule has 2 aromatic rings. The van der Waals surface area contributed by atoms with Crippen LogP contribution in [0.2, 0.25) is 0 Å². The summed E-state index contributed by atoms with van der Waals surface area (Å²) < 4.78 is 6.97. The van der Waals surface area contributed by atoms with E-state index < -0.39 is 0 Å². The first-order valence-electron chi connectivity index (χ1n) is 5.82. The van der Waals surface area contributed by atoms with E-state index in [0.717, 1.165) is 5.76 Å². The molecule has 0 saturated carbocycles. The van der Waals surface area contributed by atoms with E-state index in [4.69, 9.17) is 10.2 Å². The molecule has 0 unspecified atom stereocenters. The first kappa shape index (κ1) is 12.4. The van der Waals surface area contributed by atoms with E-state index in [1.54, 1.807) is 23.4 Å². The van der Waals surface area contributed by atoms with Crippen LogP contribution in [0.3, 0.4) is 0 Å². The highest BCUT2D eigenvalue weighted by molar-refractivity contribution is 5.91. The Kier molecular flexibility index (Phi) is 4.14. The molecule has 0 aliphatic heterocycles. The highest BCUT2D eigenvalue weighted by Gasteiger charge is 2.08. The molecule has 2 heterocycles. The molecule has 6 nitrogen and oxygen atoms in total. The summed E-state index contributed by atoms with van der Waals surface area (Å²) in [6.07, 6.45) is 5.58. The van der Waals surface area contributed by atoms with Crippen molar-refractivity contribution < 1.29 is 9.21 Å². The Morgan fingerprint density at radius 3 is 3.17 bits per heavy atom. The zero-order valence-corrected chi connectivity index (χ0v) is 10.0. The molecule has 2 rings (SSSR count). The number of imidazole rings is 1. The molecular formula is C12H16N4O2. The van der Waals surface area contributed by atoms with Crippen molar-refractivity contribution in [1.82, 2.24) is 14.9 Å². The van der Waals surface area contributed by atoms with Gasteiger partial charge in [-0.25, -0.2) is 4.98 Å². The first-order valence-corrected chi connectivity index (χ1v) is 5.82. The highest BCUT2D eigenvalue weighted by atomic mass is 16.3. The van der Waals surface area contributed by atoms with E-state index in [9.17, 15) is 4.79 Å². The second kappa shape index (κ2) is 6.02. The molecular weight excluding hydrogens is 232 g/mol. The molecule has 0 spiro atoms. The molecule has 0 radical (unpaired) electrons. The van der Waals surface area contributed by atoms with Crippen molar-refractivity contribution >= 4 is 5.91 Å². The SMILES string of the molecule is NCCn1cnc(C(=O)NCCc2ccco2)c1. The maximum Gasteiger partial charge on any atom is 0.271 e. The smallest absolute Gasteiger partial charge is 0.271 e. The first-order chi connectivity index (χ1) is 8.79. The van der Waals surface area contributed by atoms with Crippen LogP contribution in [0.1, 0.15) is 16.2 Å². The molecule has 0 atom stereocenters. The number of aromatic nitrogens is 2. The van der Waals surface area contributed by atoms with Crippen LogP contribution < -0.4 is 11.1 Å². The molecule has 2 aromatic heterocycles. The van der Waals surface area contributed by atoms with E-state index in [-0.39, 0.29) is 5.91 Å². The number of hydrogen-bond acceptors (Lipinski definition) is 4. The molecule has 0 fully saturated rings. The lowest BCUT2D eigenvalue weighted by atomic mass is 10.3. The zero-order chi connectivity index (χ0) is 12.8. The van der Waals surface area contributed by atoms with Crippen molar-refractivity contribution in [1.29, 1.82) is 0 Å². The van der Waals surface area contributed by atoms with Gasteiger partial charge in [0.1, 0.15) is 11.5 Å². The minimum Gasteiger partial charge on any atom is -0.469 e. The van der Waals surface area contributed by atoms with Crippen LogP contribution in [0.25, 0.3) is 0 Å². The quantitative estimate of drug-likeness (QED) is 0.775. The average Bonchev–Trinajstić information content (AvgIpc) is 3.00. The maximum atomic E-state index is 11.7. The van der Waals surface area contributed by atoms with Gasteiger partial charge in [-0.2, -0.15) is 0 Å². The molecule has 0 saturated heterocycles. The summed E-state index contributed by atoms with van der Waals surface area (Å²) in [5.41, 5.74) is 5.83. The summed E-state index contributed by atoms with van der Waals surface area (Å²) >= 11 is 0. The van der Waals surface area contributed by atoms with E-state index >= 15 is 0 Å². The summed E-state index contributed by atoms with van der Waals surface area (Å²) in [4.78, 5) is 15.8. The number of nitrogens with one attached hydrogen (secondary N) is 1. The van der Waals surface area contributed by atoms with Crippen LogP contribution in [-0.4, -0.2) is 28.5 Å². The lowest BCUT2D eigenvalue weighted by molar-refractivity contribution is 0.0949. The lowest BCUT2D eigenvalue weighted by Gasteiger charge is -2.01. The Bertz CT molecular complexity index is 490. The fourth-order valence-corrected chi connectivity index (χ4v) is 1.59. The Morgan fingerprint density at radius 1 is 1.56 bits per heavy atom. The molecule has 96 valence electrons. The molecule has 0 aromatic carbocycles. The molecule has 0 aliphatic carbocycles. The Morgan fingerprint density at radius 2 is 2.44 bits per heavy atom. The van der Waals surface area contributed by atoms with Crippen LogP contribution in [0.5, 0.6) is 0 Å². The van der Waals surface area contributed by atoms with Gasteiger partial charge in [-0.3, -0.25) is 4.79 Å². The van der Waals surface area contributed by atoms with Gasteiger partial charge >= 0.3 is 0 Å². The van der Waals surface area contributed by atoms with Crippen molar-refractivity contribution in [3.8, 4) is 0 Å². The van der Waals surface area contributed by atoms with Crippen LogP contribution in [-0.2, 0) is 13.0 Å². The third kappa shape index (κ3) is 3.21. The summed E-state index contributed by atoms with van der Waals surface area (Å²) in [5, 5.41) is 2.79. The topological polar surface area (TPSA) is 86.1 Å². The number of carbonyl (C=O) groups is 1. The van der Waals surface area contributed by atoms with E-state index in [1.807, 2.05) is 12.1 Å². The standard InChI is InChI=1S/C12H16N4O2/c13-4-6-16-8-11(15-9-16)12(17)14-5-3-10-2-1-7-18-10/h1-2,7-9H,3-6,13H2,(H,14,17). The van der Waals surface area contributed by atoms with Gasteiger partial charge in [0, 0.05) is 32.3 Å². The van der Waals surface area contributed by atoms with Gasteiger partial charge in [0.05, 0.1) is 12.6 Å². The summed E-state index contributed by atoms with van der Waals surface area (Å²) in [7, 11) is 0. The minimum absolute atomic E-state index is 0.183. The van der Waals surface area contributed by atoms with E-state index in [0.29, 0.717) is 31.7 Å². The zero-order valence-electron chi connectivity index (χ0n) is 10.0. The fraction of sp³-hybridized carbons (Fsp3) is 0.333. The van der Waals surface area contributed by atoms with Gasteiger partial charge in [0.2, 0.25) is 0 Å². The van der Waals surface area contributed by atoms with Crippen LogP contribution in [0, 0.1) is 0 Å². The van der Waals surface area contributed by atoms with Crippen molar-refractivity contribution in [2.45, 2.75) is 13.0 Å². The summed E-state index contributed by atoms with van der Waals surface area (Å²) in [5.74, 6) is 0.668. The number of nitrogens with two attached hydrogens (primary N) is 1. The molecule has 0 bridgehead atoms. The van der Waals surface area contributed by atoms with Gasteiger partial charge in [-0.15, -0.1) is 0 Å². The molecule has 6 heteroatoms. The van der Waals surface area contributed by atoms with Crippen LogP contribution in [0.4, 0.5) is 0 Å². The normalized spacial score (nSPS) is 10.5. The van der Waals surface area contributed by atoms with Crippen molar-refractivity contribution in [2.24, 2.45) is 5.73 Å². The molecule has 1 amide bonds. The molecule has 0 aliphatic rings. The van der Waals surface area contributed by atoms with Crippen molar-refractivity contribution in [2.75, 3.05) is 13.1 Å². The predicted octanol–water partition coefficient (Wildman–Crippen LogP) is 0.407.